The Morgan fingerprint density at radius 3 is 2.48 bits per heavy atom. The van der Waals surface area contributed by atoms with Crippen molar-refractivity contribution in [1.82, 2.24) is 4.90 Å². The average Bonchev–Trinajstić information content (AvgIpc) is 2.98. The zero-order valence-corrected chi connectivity index (χ0v) is 18.3. The highest BCUT2D eigenvalue weighted by molar-refractivity contribution is 14.0. The van der Waals surface area contributed by atoms with Gasteiger partial charge in [-0.15, -0.1) is 24.0 Å². The van der Waals surface area contributed by atoms with Crippen molar-refractivity contribution in [3.05, 3.63) is 64.7 Å². The number of halogens is 1. The van der Waals surface area contributed by atoms with Gasteiger partial charge in [-0.2, -0.15) is 0 Å². The van der Waals surface area contributed by atoms with E-state index >= 15 is 0 Å². The molecule has 27 heavy (non-hydrogen) atoms. The number of aliphatic hydroxyl groups is 1. The molecule has 2 aromatic carbocycles. The maximum absolute atomic E-state index is 9.71. The van der Waals surface area contributed by atoms with Gasteiger partial charge in [0.1, 0.15) is 0 Å². The third-order valence-electron chi connectivity index (χ3n) is 4.67. The minimum absolute atomic E-state index is 0. The molecule has 0 aliphatic carbocycles. The first-order chi connectivity index (χ1) is 12.5. The first-order valence-electron chi connectivity index (χ1n) is 9.12. The Morgan fingerprint density at radius 2 is 1.85 bits per heavy atom. The first kappa shape index (κ1) is 21.7. The molecule has 4 N–H and O–H groups in total. The number of benzene rings is 2. The summed E-state index contributed by atoms with van der Waals surface area (Å²) in [7, 11) is 0. The Morgan fingerprint density at radius 1 is 1.19 bits per heavy atom. The largest absolute Gasteiger partial charge is 0.392 e. The number of aliphatic imine (C=N–C) groups is 1. The van der Waals surface area contributed by atoms with E-state index in [9.17, 15) is 5.11 Å². The van der Waals surface area contributed by atoms with Crippen LogP contribution in [0.25, 0.3) is 0 Å². The predicted molar refractivity (Wildman–Crippen MR) is 123 cm³/mol. The summed E-state index contributed by atoms with van der Waals surface area (Å²) in [5.41, 5.74) is 11.8. The van der Waals surface area contributed by atoms with Crippen LogP contribution < -0.4 is 11.1 Å². The van der Waals surface area contributed by atoms with E-state index in [2.05, 4.69) is 59.4 Å². The van der Waals surface area contributed by atoms with Gasteiger partial charge < -0.3 is 16.2 Å². The van der Waals surface area contributed by atoms with Crippen LogP contribution in [0.2, 0.25) is 0 Å². The van der Waals surface area contributed by atoms with Gasteiger partial charge in [-0.1, -0.05) is 30.3 Å². The summed E-state index contributed by atoms with van der Waals surface area (Å²) >= 11 is 0. The molecule has 6 heteroatoms. The number of aryl methyl sites for hydroxylation is 2. The second-order valence-corrected chi connectivity index (χ2v) is 7.15. The topological polar surface area (TPSA) is 73.9 Å². The summed E-state index contributed by atoms with van der Waals surface area (Å²) in [6, 6.07) is 14.5. The molecule has 1 heterocycles. The van der Waals surface area contributed by atoms with Crippen LogP contribution in [0.4, 0.5) is 5.69 Å². The average molecular weight is 480 g/mol. The standard InChI is InChI=1S/C21H28N4O.HI/c1-15-9-16(2)11-19(10-15)24-21(22)23-12-17-5-3-4-6-18(17)13-25-8-7-20(26)14-25;/h3-6,9-11,20,26H,7-8,12-14H2,1-2H3,(H3,22,23,24);1H. The first-order valence-corrected chi connectivity index (χ1v) is 9.12. The molecule has 1 fully saturated rings. The SMILES string of the molecule is Cc1cc(C)cc(NC(N)=NCc2ccccc2CN2CCC(O)C2)c1.I. The second-order valence-electron chi connectivity index (χ2n) is 7.15. The Labute approximate surface area is 178 Å². The van der Waals surface area contributed by atoms with Gasteiger partial charge >= 0.3 is 0 Å². The highest BCUT2D eigenvalue weighted by Gasteiger charge is 2.20. The lowest BCUT2D eigenvalue weighted by Gasteiger charge is -2.17. The second kappa shape index (κ2) is 10.1. The van der Waals surface area contributed by atoms with Crippen molar-refractivity contribution in [1.29, 1.82) is 0 Å². The minimum atomic E-state index is -0.196. The summed E-state index contributed by atoms with van der Waals surface area (Å²) < 4.78 is 0. The fourth-order valence-electron chi connectivity index (χ4n) is 3.47. The number of hydrogen-bond donors (Lipinski definition) is 3. The van der Waals surface area contributed by atoms with E-state index in [0.717, 1.165) is 31.7 Å². The fourth-order valence-corrected chi connectivity index (χ4v) is 3.47. The molecule has 1 atom stereocenters. The normalized spacial score (nSPS) is 17.6. The lowest BCUT2D eigenvalue weighted by atomic mass is 10.1. The summed E-state index contributed by atoms with van der Waals surface area (Å²) in [6.07, 6.45) is 0.658. The smallest absolute Gasteiger partial charge is 0.193 e. The van der Waals surface area contributed by atoms with Gasteiger partial charge in [0.05, 0.1) is 12.6 Å². The highest BCUT2D eigenvalue weighted by atomic mass is 127. The van der Waals surface area contributed by atoms with Crippen molar-refractivity contribution in [2.45, 2.75) is 39.5 Å². The summed E-state index contributed by atoms with van der Waals surface area (Å²) in [5, 5.41) is 12.9. The quantitative estimate of drug-likeness (QED) is 0.349. The van der Waals surface area contributed by atoms with E-state index in [1.54, 1.807) is 0 Å². The number of guanidine groups is 1. The van der Waals surface area contributed by atoms with Crippen LogP contribution in [0.1, 0.15) is 28.7 Å². The van der Waals surface area contributed by atoms with Crippen molar-refractivity contribution < 1.29 is 5.11 Å². The van der Waals surface area contributed by atoms with E-state index < -0.39 is 0 Å². The van der Waals surface area contributed by atoms with Crippen LogP contribution in [0, 0.1) is 13.8 Å². The number of nitrogens with two attached hydrogens (primary N) is 1. The number of nitrogens with one attached hydrogen (secondary N) is 1. The third-order valence-corrected chi connectivity index (χ3v) is 4.67. The van der Waals surface area contributed by atoms with Crippen LogP contribution in [0.3, 0.4) is 0 Å². The summed E-state index contributed by atoms with van der Waals surface area (Å²) in [6.45, 7) is 7.20. The minimum Gasteiger partial charge on any atom is -0.392 e. The number of likely N-dealkylation sites (tertiary alicyclic amines) is 1. The molecule has 0 bridgehead atoms. The van der Waals surface area contributed by atoms with E-state index in [1.165, 1.54) is 22.3 Å². The summed E-state index contributed by atoms with van der Waals surface area (Å²) in [4.78, 5) is 6.80. The van der Waals surface area contributed by atoms with E-state index in [4.69, 9.17) is 5.73 Å². The van der Waals surface area contributed by atoms with Crippen molar-refractivity contribution >= 4 is 35.6 Å². The molecular weight excluding hydrogens is 451 g/mol. The van der Waals surface area contributed by atoms with Crippen LogP contribution in [-0.2, 0) is 13.1 Å². The van der Waals surface area contributed by atoms with Crippen molar-refractivity contribution in [3.63, 3.8) is 0 Å². The molecular formula is C21H29IN4O. The molecule has 5 nitrogen and oxygen atoms in total. The van der Waals surface area contributed by atoms with Crippen LogP contribution in [0.15, 0.2) is 47.5 Å². The molecule has 1 aliphatic heterocycles. The van der Waals surface area contributed by atoms with Gasteiger partial charge in [0.2, 0.25) is 0 Å². The molecule has 0 saturated carbocycles. The van der Waals surface area contributed by atoms with Crippen molar-refractivity contribution in [3.8, 4) is 0 Å². The molecule has 1 unspecified atom stereocenters. The number of aliphatic hydroxyl groups excluding tert-OH is 1. The Bertz CT molecular complexity index is 773. The van der Waals surface area contributed by atoms with Crippen molar-refractivity contribution in [2.24, 2.45) is 10.7 Å². The molecule has 0 aromatic heterocycles. The maximum Gasteiger partial charge on any atom is 0.193 e. The molecule has 2 aromatic rings. The zero-order chi connectivity index (χ0) is 18.5. The lowest BCUT2D eigenvalue weighted by molar-refractivity contribution is 0.174. The monoisotopic (exact) mass is 480 g/mol. The number of anilines is 1. The van der Waals surface area contributed by atoms with E-state index in [0.29, 0.717) is 12.5 Å². The molecule has 0 amide bonds. The van der Waals surface area contributed by atoms with Crippen LogP contribution in [-0.4, -0.2) is 35.2 Å². The van der Waals surface area contributed by atoms with Gasteiger partial charge in [0, 0.05) is 25.3 Å². The molecule has 0 spiro atoms. The lowest BCUT2D eigenvalue weighted by Crippen LogP contribution is -2.23. The molecule has 0 radical (unpaired) electrons. The van der Waals surface area contributed by atoms with Gasteiger partial charge in [0.15, 0.2) is 5.96 Å². The van der Waals surface area contributed by atoms with Gasteiger partial charge in [-0.3, -0.25) is 4.90 Å². The number of rotatable bonds is 5. The molecule has 1 saturated heterocycles. The maximum atomic E-state index is 9.71. The van der Waals surface area contributed by atoms with Gasteiger partial charge in [0.25, 0.3) is 0 Å². The number of β-amino-alcohol motifs (C(OH)–C–C–N with tert-alkyl or cyclic N) is 1. The fraction of sp³-hybridized carbons (Fsp3) is 0.381. The summed E-state index contributed by atoms with van der Waals surface area (Å²) in [5.74, 6) is 0.418. The molecule has 3 rings (SSSR count). The third kappa shape index (κ3) is 6.48. The Balaban J connectivity index is 0.00000261. The zero-order valence-electron chi connectivity index (χ0n) is 16.0. The Hall–Kier alpha value is -1.64. The predicted octanol–water partition coefficient (Wildman–Crippen LogP) is 3.41. The van der Waals surface area contributed by atoms with E-state index in [-0.39, 0.29) is 30.1 Å². The number of nitrogens with zero attached hydrogens (tertiary/aromatic N) is 2. The Kier molecular flexibility index (Phi) is 8.07. The molecule has 146 valence electrons. The van der Waals surface area contributed by atoms with Crippen molar-refractivity contribution in [2.75, 3.05) is 18.4 Å². The van der Waals surface area contributed by atoms with Gasteiger partial charge in [-0.05, 0) is 54.7 Å². The highest BCUT2D eigenvalue weighted by Crippen LogP contribution is 2.18. The van der Waals surface area contributed by atoms with Crippen LogP contribution in [0.5, 0.6) is 0 Å². The van der Waals surface area contributed by atoms with E-state index in [1.807, 2.05) is 12.1 Å². The van der Waals surface area contributed by atoms with Crippen LogP contribution >= 0.6 is 24.0 Å². The molecule has 1 aliphatic rings. The number of hydrogen-bond acceptors (Lipinski definition) is 3. The van der Waals surface area contributed by atoms with Gasteiger partial charge in [-0.25, -0.2) is 4.99 Å².